The Balaban J connectivity index is 2.44. The van der Waals surface area contributed by atoms with Gasteiger partial charge in [-0.2, -0.15) is 0 Å². The Labute approximate surface area is 123 Å². The molecular formula is C15H18N2O4. The van der Waals surface area contributed by atoms with Crippen LogP contribution in [0, 0.1) is 6.92 Å². The zero-order valence-electron chi connectivity index (χ0n) is 12.5. The van der Waals surface area contributed by atoms with Crippen LogP contribution in [0.1, 0.15) is 18.1 Å². The molecule has 1 aromatic rings. The molecule has 1 heterocycles. The molecule has 0 spiro atoms. The summed E-state index contributed by atoms with van der Waals surface area (Å²) in [6.07, 6.45) is 1.61. The van der Waals surface area contributed by atoms with Gasteiger partial charge in [0.05, 0.1) is 14.2 Å². The van der Waals surface area contributed by atoms with Gasteiger partial charge in [0.1, 0.15) is 17.2 Å². The second kappa shape index (κ2) is 5.87. The summed E-state index contributed by atoms with van der Waals surface area (Å²) in [6.45, 7) is 3.95. The van der Waals surface area contributed by atoms with E-state index in [2.05, 4.69) is 5.32 Å². The molecule has 1 aromatic carbocycles. The van der Waals surface area contributed by atoms with E-state index in [1.165, 1.54) is 0 Å². The van der Waals surface area contributed by atoms with Crippen LogP contribution in [0.3, 0.4) is 0 Å². The van der Waals surface area contributed by atoms with Gasteiger partial charge in [0, 0.05) is 17.7 Å². The van der Waals surface area contributed by atoms with Gasteiger partial charge >= 0.3 is 6.03 Å². The van der Waals surface area contributed by atoms with Crippen LogP contribution in [-0.2, 0) is 4.79 Å². The van der Waals surface area contributed by atoms with E-state index in [9.17, 15) is 9.59 Å². The standard InChI is InChI=1S/C15H18N2O4/c1-5-17-14(18)11(16-15(17)19)8-10-6-7-12(20-3)9(2)13(10)21-4/h6-8H,5H2,1-4H3,(H,16,19)/b11-8+. The normalized spacial score (nSPS) is 16.4. The third-order valence-electron chi connectivity index (χ3n) is 3.39. The van der Waals surface area contributed by atoms with Crippen molar-refractivity contribution in [3.63, 3.8) is 0 Å². The number of carbonyl (C=O) groups excluding carboxylic acids is 2. The van der Waals surface area contributed by atoms with Crippen molar-refractivity contribution < 1.29 is 19.1 Å². The molecule has 0 bridgehead atoms. The highest BCUT2D eigenvalue weighted by Gasteiger charge is 2.32. The monoisotopic (exact) mass is 290 g/mol. The van der Waals surface area contributed by atoms with E-state index in [-0.39, 0.29) is 11.6 Å². The second-order valence-corrected chi connectivity index (χ2v) is 4.55. The molecule has 0 saturated carbocycles. The number of hydrogen-bond acceptors (Lipinski definition) is 4. The molecule has 0 atom stereocenters. The van der Waals surface area contributed by atoms with Crippen LogP contribution < -0.4 is 14.8 Å². The molecule has 0 radical (unpaired) electrons. The van der Waals surface area contributed by atoms with Gasteiger partial charge in [0.25, 0.3) is 5.91 Å². The predicted molar refractivity (Wildman–Crippen MR) is 78.2 cm³/mol. The molecule has 0 aliphatic carbocycles. The van der Waals surface area contributed by atoms with E-state index in [4.69, 9.17) is 9.47 Å². The number of nitrogens with one attached hydrogen (secondary N) is 1. The van der Waals surface area contributed by atoms with Crippen LogP contribution in [0.5, 0.6) is 11.5 Å². The van der Waals surface area contributed by atoms with E-state index in [1.54, 1.807) is 39.4 Å². The van der Waals surface area contributed by atoms with Crippen molar-refractivity contribution in [1.29, 1.82) is 0 Å². The lowest BCUT2D eigenvalue weighted by Crippen LogP contribution is -2.30. The highest BCUT2D eigenvalue weighted by atomic mass is 16.5. The Bertz CT molecular complexity index is 622. The fourth-order valence-electron chi connectivity index (χ4n) is 2.31. The zero-order chi connectivity index (χ0) is 15.6. The van der Waals surface area contributed by atoms with Crippen molar-refractivity contribution in [2.45, 2.75) is 13.8 Å². The minimum Gasteiger partial charge on any atom is -0.496 e. The lowest BCUT2D eigenvalue weighted by molar-refractivity contribution is -0.122. The van der Waals surface area contributed by atoms with Crippen molar-refractivity contribution in [3.8, 4) is 11.5 Å². The summed E-state index contributed by atoms with van der Waals surface area (Å²) in [5, 5.41) is 2.56. The van der Waals surface area contributed by atoms with Crippen molar-refractivity contribution >= 4 is 18.0 Å². The smallest absolute Gasteiger partial charge is 0.328 e. The minimum atomic E-state index is -0.405. The van der Waals surface area contributed by atoms with E-state index < -0.39 is 6.03 Å². The largest absolute Gasteiger partial charge is 0.496 e. The summed E-state index contributed by atoms with van der Waals surface area (Å²) < 4.78 is 10.6. The summed E-state index contributed by atoms with van der Waals surface area (Å²) in [7, 11) is 3.14. The second-order valence-electron chi connectivity index (χ2n) is 4.55. The van der Waals surface area contributed by atoms with Crippen LogP contribution in [-0.4, -0.2) is 37.6 Å². The van der Waals surface area contributed by atoms with Crippen molar-refractivity contribution in [1.82, 2.24) is 10.2 Å². The fraction of sp³-hybridized carbons (Fsp3) is 0.333. The molecule has 112 valence electrons. The molecule has 3 amide bonds. The van der Waals surface area contributed by atoms with Gasteiger partial charge in [-0.15, -0.1) is 0 Å². The van der Waals surface area contributed by atoms with Gasteiger partial charge in [-0.05, 0) is 32.1 Å². The van der Waals surface area contributed by atoms with Crippen molar-refractivity contribution in [2.75, 3.05) is 20.8 Å². The van der Waals surface area contributed by atoms with Gasteiger partial charge in [0.15, 0.2) is 0 Å². The maximum Gasteiger partial charge on any atom is 0.328 e. The van der Waals surface area contributed by atoms with E-state index in [1.807, 2.05) is 6.92 Å². The SMILES string of the molecule is CCN1C(=O)N/C(=C/c2ccc(OC)c(C)c2OC)C1=O. The summed E-state index contributed by atoms with van der Waals surface area (Å²) in [5.74, 6) is 0.975. The number of nitrogens with zero attached hydrogens (tertiary/aromatic N) is 1. The maximum absolute atomic E-state index is 12.1. The summed E-state index contributed by atoms with van der Waals surface area (Å²) >= 11 is 0. The van der Waals surface area contributed by atoms with Gasteiger partial charge in [-0.25, -0.2) is 4.79 Å². The highest BCUT2D eigenvalue weighted by molar-refractivity contribution is 6.14. The average Bonchev–Trinajstić information content (AvgIpc) is 2.73. The summed E-state index contributed by atoms with van der Waals surface area (Å²) in [4.78, 5) is 24.9. The molecule has 0 unspecified atom stereocenters. The highest BCUT2D eigenvalue weighted by Crippen LogP contribution is 2.32. The molecule has 1 saturated heterocycles. The Morgan fingerprint density at radius 3 is 2.48 bits per heavy atom. The first-order valence-electron chi connectivity index (χ1n) is 6.59. The van der Waals surface area contributed by atoms with Crippen molar-refractivity contribution in [3.05, 3.63) is 29.0 Å². The van der Waals surface area contributed by atoms with Crippen LogP contribution in [0.2, 0.25) is 0 Å². The predicted octanol–water partition coefficient (Wildman–Crippen LogP) is 1.92. The van der Waals surface area contributed by atoms with Gasteiger partial charge < -0.3 is 14.8 Å². The van der Waals surface area contributed by atoms with E-state index in [0.29, 0.717) is 23.6 Å². The van der Waals surface area contributed by atoms with Gasteiger partial charge in [-0.3, -0.25) is 9.69 Å². The Kier molecular flexibility index (Phi) is 4.16. The van der Waals surface area contributed by atoms with Gasteiger partial charge in [0.2, 0.25) is 0 Å². The number of imide groups is 1. The first kappa shape index (κ1) is 14.9. The molecule has 6 nitrogen and oxygen atoms in total. The van der Waals surface area contributed by atoms with Crippen LogP contribution in [0.15, 0.2) is 17.8 Å². The summed E-state index contributed by atoms with van der Waals surface area (Å²) in [6, 6.07) is 3.17. The molecule has 1 fully saturated rings. The number of carbonyl (C=O) groups is 2. The third-order valence-corrected chi connectivity index (χ3v) is 3.39. The number of hydrogen-bond donors (Lipinski definition) is 1. The lowest BCUT2D eigenvalue weighted by Gasteiger charge is -2.12. The first-order valence-corrected chi connectivity index (χ1v) is 6.59. The number of amides is 3. The Morgan fingerprint density at radius 1 is 1.24 bits per heavy atom. The number of rotatable bonds is 4. The third kappa shape index (κ3) is 2.56. The molecule has 6 heteroatoms. The molecule has 21 heavy (non-hydrogen) atoms. The number of methoxy groups -OCH3 is 2. The molecule has 0 aromatic heterocycles. The first-order chi connectivity index (χ1) is 10.0. The van der Waals surface area contributed by atoms with E-state index >= 15 is 0 Å². The molecule has 2 rings (SSSR count). The van der Waals surface area contributed by atoms with Crippen LogP contribution in [0.4, 0.5) is 4.79 Å². The number of urea groups is 1. The zero-order valence-corrected chi connectivity index (χ0v) is 12.5. The molecule has 1 aliphatic heterocycles. The average molecular weight is 290 g/mol. The van der Waals surface area contributed by atoms with Crippen molar-refractivity contribution in [2.24, 2.45) is 0 Å². The van der Waals surface area contributed by atoms with Crippen LogP contribution >= 0.6 is 0 Å². The number of ether oxygens (including phenoxy) is 2. The maximum atomic E-state index is 12.1. The molecule has 1 aliphatic rings. The van der Waals surface area contributed by atoms with E-state index in [0.717, 1.165) is 10.5 Å². The minimum absolute atomic E-state index is 0.240. The Hall–Kier alpha value is -2.50. The summed E-state index contributed by atoms with van der Waals surface area (Å²) in [5.41, 5.74) is 1.78. The number of likely N-dealkylation sites (N-methyl/N-ethyl adjacent to an activating group) is 1. The Morgan fingerprint density at radius 2 is 1.95 bits per heavy atom. The molecule has 1 N–H and O–H groups in total. The van der Waals surface area contributed by atoms with Crippen LogP contribution in [0.25, 0.3) is 6.08 Å². The fourth-order valence-corrected chi connectivity index (χ4v) is 2.31. The quantitative estimate of drug-likeness (QED) is 0.679. The topological polar surface area (TPSA) is 67.9 Å². The van der Waals surface area contributed by atoms with Gasteiger partial charge in [-0.1, -0.05) is 0 Å². The lowest BCUT2D eigenvalue weighted by atomic mass is 10.1. The molecular weight excluding hydrogens is 272 g/mol. The number of benzene rings is 1.